The van der Waals surface area contributed by atoms with E-state index in [9.17, 15) is 0 Å². The van der Waals surface area contributed by atoms with Crippen molar-refractivity contribution < 1.29 is 4.18 Å². The van der Waals surface area contributed by atoms with Crippen LogP contribution < -0.4 is 0 Å². The predicted octanol–water partition coefficient (Wildman–Crippen LogP) is 5.65. The summed E-state index contributed by atoms with van der Waals surface area (Å²) in [6.45, 7) is 0.988. The lowest BCUT2D eigenvalue weighted by atomic mass is 10.5. The Morgan fingerprint density at radius 1 is 1.21 bits per heavy atom. The fraction of sp³-hybridized carbons (Fsp3) is 1.00. The largest absolute Gasteiger partial charge is 0.301 e. The zero-order valence-corrected chi connectivity index (χ0v) is 16.4. The Morgan fingerprint density at radius 2 is 1.86 bits per heavy atom. The topological polar surface area (TPSA) is 9.23 Å². The second-order valence-electron chi connectivity index (χ2n) is 1.63. The average molecular weight is 475 g/mol. The molecule has 0 spiro atoms. The van der Waals surface area contributed by atoms with Gasteiger partial charge in [-0.2, -0.15) is 0 Å². The highest BCUT2D eigenvalue weighted by molar-refractivity contribution is 14.2. The van der Waals surface area contributed by atoms with Crippen molar-refractivity contribution in [3.8, 4) is 0 Å². The molecule has 0 fully saturated rings. The normalized spacial score (nSPS) is 11.9. The summed E-state index contributed by atoms with van der Waals surface area (Å²) in [6, 6.07) is 0. The fourth-order valence-corrected chi connectivity index (χ4v) is 22.1. The van der Waals surface area contributed by atoms with Crippen LogP contribution in [0, 0.1) is 0 Å². The van der Waals surface area contributed by atoms with Crippen molar-refractivity contribution in [1.29, 1.82) is 0 Å². The SMILES string of the molecule is CCCOS(=S)(=S)SSSSSSI. The van der Waals surface area contributed by atoms with Gasteiger partial charge in [0.2, 0.25) is 0 Å². The summed E-state index contributed by atoms with van der Waals surface area (Å²) in [6.07, 6.45) is 0.969. The first kappa shape index (κ1) is 17.6. The number of hydrogen-bond donors (Lipinski definition) is 0. The molecule has 0 aromatic carbocycles. The van der Waals surface area contributed by atoms with Crippen molar-refractivity contribution in [3.63, 3.8) is 0 Å². The van der Waals surface area contributed by atoms with Crippen LogP contribution in [0.2, 0.25) is 0 Å². The van der Waals surface area contributed by atoms with Gasteiger partial charge in [-0.15, -0.1) is 0 Å². The first-order chi connectivity index (χ1) is 6.62. The minimum Gasteiger partial charge on any atom is -0.301 e. The van der Waals surface area contributed by atoms with Crippen LogP contribution in [0.5, 0.6) is 0 Å². The van der Waals surface area contributed by atoms with Gasteiger partial charge in [0.1, 0.15) is 0 Å². The molecule has 0 aliphatic heterocycles. The highest BCUT2D eigenvalue weighted by Crippen LogP contribution is 2.55. The summed E-state index contributed by atoms with van der Waals surface area (Å²) >= 11 is 12.6. The lowest BCUT2D eigenvalue weighted by Gasteiger charge is -2.07. The second kappa shape index (κ2) is 11.7. The maximum Gasteiger partial charge on any atom is 0.0820 e. The van der Waals surface area contributed by atoms with Gasteiger partial charge >= 0.3 is 0 Å². The highest BCUT2D eigenvalue weighted by atomic mass is 127. The van der Waals surface area contributed by atoms with Crippen LogP contribution in [0.3, 0.4) is 0 Å². The van der Waals surface area contributed by atoms with E-state index in [-0.39, 0.29) is 0 Å². The van der Waals surface area contributed by atoms with Crippen molar-refractivity contribution >= 4 is 107 Å². The summed E-state index contributed by atoms with van der Waals surface area (Å²) in [5, 5.41) is 0. The molecule has 0 atom stereocenters. The van der Waals surface area contributed by atoms with Crippen LogP contribution in [0.4, 0.5) is 0 Å². The van der Waals surface area contributed by atoms with Crippen LogP contribution >= 0.6 is 78.3 Å². The number of hydrogen-bond acceptors (Lipinski definition) is 9. The smallest absolute Gasteiger partial charge is 0.0820 e. The minimum atomic E-state index is -1.74. The van der Waals surface area contributed by atoms with Gasteiger partial charge in [0, 0.05) is 50.7 Å². The molecule has 0 aliphatic carbocycles. The quantitative estimate of drug-likeness (QED) is 0.236. The molecule has 1 nitrogen and oxygen atoms in total. The van der Waals surface area contributed by atoms with E-state index in [1.165, 1.54) is 9.83 Å². The van der Waals surface area contributed by atoms with Crippen LogP contribution in [-0.2, 0) is 33.0 Å². The van der Waals surface area contributed by atoms with Gasteiger partial charge in [-0.1, -0.05) is 6.92 Å². The van der Waals surface area contributed by atoms with E-state index in [4.69, 9.17) is 26.6 Å². The Kier molecular flexibility index (Phi) is 14.6. The van der Waals surface area contributed by atoms with E-state index in [1.807, 2.05) is 0 Å². The highest BCUT2D eigenvalue weighted by Gasteiger charge is 2.04. The Bertz CT molecular complexity index is 214. The molecule has 0 N–H and O–H groups in total. The van der Waals surface area contributed by atoms with Crippen LogP contribution in [-0.4, -0.2) is 6.61 Å². The van der Waals surface area contributed by atoms with Crippen LogP contribution in [0.1, 0.15) is 13.3 Å². The zero-order chi connectivity index (χ0) is 10.9. The predicted molar refractivity (Wildman–Crippen MR) is 97.9 cm³/mol. The molecule has 0 bridgehead atoms. The molecule has 11 heteroatoms. The summed E-state index contributed by atoms with van der Waals surface area (Å²) in [4.78, 5) is 0. The van der Waals surface area contributed by atoms with Crippen molar-refractivity contribution in [2.45, 2.75) is 13.3 Å². The maximum atomic E-state index is 5.40. The second-order valence-corrected chi connectivity index (χ2v) is 21.4. The van der Waals surface area contributed by atoms with E-state index in [1.54, 1.807) is 47.3 Å². The molecule has 0 aromatic rings. The third kappa shape index (κ3) is 12.0. The van der Waals surface area contributed by atoms with E-state index in [2.05, 4.69) is 28.1 Å². The first-order valence-electron chi connectivity index (χ1n) is 3.15. The molecule has 0 rings (SSSR count). The van der Waals surface area contributed by atoms with E-state index in [0.717, 1.165) is 6.42 Å². The van der Waals surface area contributed by atoms with Gasteiger partial charge in [0.15, 0.2) is 0 Å². The van der Waals surface area contributed by atoms with Gasteiger partial charge in [0.05, 0.1) is 13.1 Å². The standard InChI is InChI=1S/C3H7IOS9/c1-2-3-5-14(6,7)13-12-11-10-9-8-4/h2-3H2,1H3. The molecule has 0 saturated heterocycles. The van der Waals surface area contributed by atoms with E-state index < -0.39 is 6.46 Å². The van der Waals surface area contributed by atoms with Crippen molar-refractivity contribution in [1.82, 2.24) is 0 Å². The molecular formula is C3H7IOS9. The third-order valence-corrected chi connectivity index (χ3v) is 20.7. The van der Waals surface area contributed by atoms with Gasteiger partial charge in [-0.25, -0.2) is 0 Å². The molecule has 0 aromatic heterocycles. The molecule has 0 aliphatic rings. The Balaban J connectivity index is 3.46. The lowest BCUT2D eigenvalue weighted by molar-refractivity contribution is 0.374. The van der Waals surface area contributed by atoms with E-state index in [0.29, 0.717) is 6.61 Å². The Labute approximate surface area is 129 Å². The van der Waals surface area contributed by atoms with Gasteiger partial charge in [0.25, 0.3) is 0 Å². The molecule has 0 saturated carbocycles. The molecule has 0 radical (unpaired) electrons. The number of halogens is 1. The summed E-state index contributed by atoms with van der Waals surface area (Å²) in [5.41, 5.74) is 0. The van der Waals surface area contributed by atoms with Crippen LogP contribution in [0.15, 0.2) is 0 Å². The molecule has 0 heterocycles. The van der Waals surface area contributed by atoms with Crippen molar-refractivity contribution in [2.24, 2.45) is 0 Å². The zero-order valence-electron chi connectivity index (χ0n) is 6.87. The first-order valence-corrected chi connectivity index (χ1v) is 17.1. The summed E-state index contributed by atoms with van der Waals surface area (Å²) in [5.74, 6) is 0. The third-order valence-electron chi connectivity index (χ3n) is 0.652. The minimum absolute atomic E-state index is 0.673. The fourth-order valence-electron chi connectivity index (χ4n) is 0.284. The summed E-state index contributed by atoms with van der Waals surface area (Å²) in [7, 11) is 9.93. The summed E-state index contributed by atoms with van der Waals surface area (Å²) < 4.78 is 5.40. The Morgan fingerprint density at radius 3 is 2.43 bits per heavy atom. The molecule has 14 heavy (non-hydrogen) atoms. The molecule has 0 amide bonds. The van der Waals surface area contributed by atoms with Crippen LogP contribution in [0.25, 0.3) is 0 Å². The van der Waals surface area contributed by atoms with Gasteiger partial charge in [-0.05, 0) is 56.4 Å². The van der Waals surface area contributed by atoms with E-state index >= 15 is 0 Å². The van der Waals surface area contributed by atoms with Crippen molar-refractivity contribution in [2.75, 3.05) is 6.61 Å². The van der Waals surface area contributed by atoms with Gasteiger partial charge < -0.3 is 4.18 Å². The monoisotopic (exact) mass is 474 g/mol. The molecule has 0 unspecified atom stereocenters. The van der Waals surface area contributed by atoms with Crippen molar-refractivity contribution in [3.05, 3.63) is 0 Å². The Hall–Kier alpha value is 3.58. The van der Waals surface area contributed by atoms with Gasteiger partial charge in [-0.3, -0.25) is 0 Å². The maximum absolute atomic E-state index is 5.40. The number of rotatable bonds is 9. The molecule has 86 valence electrons. The average Bonchev–Trinajstić information content (AvgIpc) is 2.15. The molecular weight excluding hydrogens is 468 g/mol. The lowest BCUT2D eigenvalue weighted by Crippen LogP contribution is -1.96.